The van der Waals surface area contributed by atoms with E-state index >= 15 is 0 Å². The number of aromatic amines is 2. The molecule has 0 amide bonds. The van der Waals surface area contributed by atoms with Crippen molar-refractivity contribution in [2.24, 2.45) is 0 Å². The van der Waals surface area contributed by atoms with Crippen molar-refractivity contribution in [2.75, 3.05) is 32.7 Å². The zero-order chi connectivity index (χ0) is 19.0. The molecule has 4 rings (SSSR count). The van der Waals surface area contributed by atoms with Crippen LogP contribution in [0.5, 0.6) is 0 Å². The SMILES string of the molecule is Cc1n[nH]c(C)c1S(=O)(=O)N1CCN(CCc2c[nH]c3ccccc23)CC1. The Morgan fingerprint density at radius 3 is 2.56 bits per heavy atom. The fourth-order valence-corrected chi connectivity index (χ4v) is 5.61. The van der Waals surface area contributed by atoms with Crippen LogP contribution in [0.3, 0.4) is 0 Å². The highest BCUT2D eigenvalue weighted by Gasteiger charge is 2.32. The molecule has 0 spiro atoms. The zero-order valence-corrected chi connectivity index (χ0v) is 16.5. The van der Waals surface area contributed by atoms with Gasteiger partial charge in [-0.15, -0.1) is 0 Å². The number of aryl methyl sites for hydroxylation is 2. The first-order chi connectivity index (χ1) is 13.0. The summed E-state index contributed by atoms with van der Waals surface area (Å²) in [6.07, 6.45) is 3.03. The summed E-state index contributed by atoms with van der Waals surface area (Å²) in [6.45, 7) is 6.94. The lowest BCUT2D eigenvalue weighted by Gasteiger charge is -2.34. The van der Waals surface area contributed by atoms with E-state index in [9.17, 15) is 8.42 Å². The molecule has 0 unspecified atom stereocenters. The number of hydrogen-bond acceptors (Lipinski definition) is 4. The molecule has 1 aliphatic heterocycles. The summed E-state index contributed by atoms with van der Waals surface area (Å²) in [6, 6.07) is 8.32. The Hall–Kier alpha value is -2.16. The van der Waals surface area contributed by atoms with E-state index in [1.54, 1.807) is 18.2 Å². The van der Waals surface area contributed by atoms with Crippen LogP contribution < -0.4 is 0 Å². The Bertz CT molecular complexity index is 1030. The van der Waals surface area contributed by atoms with E-state index in [1.165, 1.54) is 10.9 Å². The van der Waals surface area contributed by atoms with Crippen molar-refractivity contribution >= 4 is 20.9 Å². The Morgan fingerprint density at radius 1 is 1.11 bits per heavy atom. The van der Waals surface area contributed by atoms with Crippen LogP contribution in [0, 0.1) is 13.8 Å². The first kappa shape index (κ1) is 18.2. The average Bonchev–Trinajstić information content (AvgIpc) is 3.23. The number of para-hydroxylation sites is 1. The van der Waals surface area contributed by atoms with Gasteiger partial charge in [0.25, 0.3) is 0 Å². The van der Waals surface area contributed by atoms with Crippen LogP contribution in [0.2, 0.25) is 0 Å². The maximum atomic E-state index is 12.9. The molecule has 3 aromatic rings. The highest BCUT2D eigenvalue weighted by Crippen LogP contribution is 2.23. The molecule has 8 heteroatoms. The third kappa shape index (κ3) is 3.40. The zero-order valence-electron chi connectivity index (χ0n) is 15.7. The molecular formula is C19H25N5O2S. The minimum Gasteiger partial charge on any atom is -0.361 e. The molecule has 3 heterocycles. The standard InChI is InChI=1S/C19H25N5O2S/c1-14-19(15(2)22-21-14)27(25,26)24-11-9-23(10-12-24)8-7-16-13-20-18-6-4-3-5-17(16)18/h3-6,13,20H,7-12H2,1-2H3,(H,21,22). The summed E-state index contributed by atoms with van der Waals surface area (Å²) in [5.74, 6) is 0. The van der Waals surface area contributed by atoms with E-state index in [4.69, 9.17) is 0 Å². The lowest BCUT2D eigenvalue weighted by Crippen LogP contribution is -2.49. The number of fused-ring (bicyclic) bond motifs is 1. The van der Waals surface area contributed by atoms with Gasteiger partial charge in [-0.1, -0.05) is 18.2 Å². The van der Waals surface area contributed by atoms with Gasteiger partial charge in [-0.25, -0.2) is 8.42 Å². The largest absolute Gasteiger partial charge is 0.361 e. The monoisotopic (exact) mass is 387 g/mol. The number of piperazine rings is 1. The van der Waals surface area contributed by atoms with E-state index < -0.39 is 10.0 Å². The van der Waals surface area contributed by atoms with E-state index in [0.717, 1.165) is 31.6 Å². The molecule has 0 atom stereocenters. The minimum absolute atomic E-state index is 0.328. The Kier molecular flexibility index (Phi) is 4.79. The van der Waals surface area contributed by atoms with Crippen LogP contribution in [-0.4, -0.2) is 65.5 Å². The molecule has 0 radical (unpaired) electrons. The number of sulfonamides is 1. The lowest BCUT2D eigenvalue weighted by atomic mass is 10.1. The van der Waals surface area contributed by atoms with E-state index in [1.807, 2.05) is 6.07 Å². The van der Waals surface area contributed by atoms with Gasteiger partial charge >= 0.3 is 0 Å². The third-order valence-electron chi connectivity index (χ3n) is 5.36. The van der Waals surface area contributed by atoms with E-state index in [-0.39, 0.29) is 0 Å². The van der Waals surface area contributed by atoms with Crippen LogP contribution in [0.4, 0.5) is 0 Å². The normalized spacial score (nSPS) is 17.0. The molecule has 0 aliphatic carbocycles. The Morgan fingerprint density at radius 2 is 1.85 bits per heavy atom. The molecule has 0 saturated carbocycles. The topological polar surface area (TPSA) is 85.1 Å². The summed E-state index contributed by atoms with van der Waals surface area (Å²) in [5.41, 5.74) is 3.61. The van der Waals surface area contributed by atoms with Gasteiger partial charge in [0.05, 0.1) is 11.4 Å². The minimum atomic E-state index is -3.48. The highest BCUT2D eigenvalue weighted by molar-refractivity contribution is 7.89. The molecule has 2 N–H and O–H groups in total. The molecule has 144 valence electrons. The molecule has 1 saturated heterocycles. The molecule has 1 fully saturated rings. The fraction of sp³-hybridized carbons (Fsp3) is 0.421. The number of rotatable bonds is 5. The Balaban J connectivity index is 1.38. The van der Waals surface area contributed by atoms with Gasteiger partial charge in [-0.3, -0.25) is 5.10 Å². The summed E-state index contributed by atoms with van der Waals surface area (Å²) in [7, 11) is -3.48. The molecule has 2 aromatic heterocycles. The number of H-pyrrole nitrogens is 2. The smallest absolute Gasteiger partial charge is 0.246 e. The van der Waals surface area contributed by atoms with Crippen molar-refractivity contribution in [1.82, 2.24) is 24.4 Å². The third-order valence-corrected chi connectivity index (χ3v) is 7.52. The fourth-order valence-electron chi connectivity index (χ4n) is 3.86. The van der Waals surface area contributed by atoms with Gasteiger partial charge in [-0.2, -0.15) is 9.40 Å². The number of nitrogens with one attached hydrogen (secondary N) is 2. The van der Waals surface area contributed by atoms with Crippen LogP contribution in [-0.2, 0) is 16.4 Å². The maximum Gasteiger partial charge on any atom is 0.246 e. The number of hydrogen-bond donors (Lipinski definition) is 2. The van der Waals surface area contributed by atoms with Gasteiger partial charge in [0, 0.05) is 49.8 Å². The van der Waals surface area contributed by atoms with Gasteiger partial charge in [0.15, 0.2) is 0 Å². The molecule has 27 heavy (non-hydrogen) atoms. The van der Waals surface area contributed by atoms with Crippen molar-refractivity contribution in [3.05, 3.63) is 47.4 Å². The lowest BCUT2D eigenvalue weighted by molar-refractivity contribution is 0.190. The second-order valence-corrected chi connectivity index (χ2v) is 8.99. The van der Waals surface area contributed by atoms with Gasteiger partial charge in [0.2, 0.25) is 10.0 Å². The van der Waals surface area contributed by atoms with Crippen molar-refractivity contribution in [1.29, 1.82) is 0 Å². The van der Waals surface area contributed by atoms with Crippen molar-refractivity contribution in [3.8, 4) is 0 Å². The van der Waals surface area contributed by atoms with E-state index in [0.29, 0.717) is 29.4 Å². The molecule has 1 aliphatic rings. The number of nitrogens with zero attached hydrogens (tertiary/aromatic N) is 3. The van der Waals surface area contributed by atoms with Gasteiger partial charge in [0.1, 0.15) is 4.90 Å². The molecule has 1 aromatic carbocycles. The van der Waals surface area contributed by atoms with Crippen LogP contribution in [0.25, 0.3) is 10.9 Å². The quantitative estimate of drug-likeness (QED) is 0.702. The number of aromatic nitrogens is 3. The Labute approximate surface area is 159 Å². The van der Waals surface area contributed by atoms with Crippen molar-refractivity contribution in [2.45, 2.75) is 25.2 Å². The molecule has 7 nitrogen and oxygen atoms in total. The summed E-state index contributed by atoms with van der Waals surface area (Å²) in [4.78, 5) is 5.98. The summed E-state index contributed by atoms with van der Waals surface area (Å²) >= 11 is 0. The summed E-state index contributed by atoms with van der Waals surface area (Å²) in [5, 5.41) is 8.07. The summed E-state index contributed by atoms with van der Waals surface area (Å²) < 4.78 is 27.4. The highest BCUT2D eigenvalue weighted by atomic mass is 32.2. The second-order valence-electron chi connectivity index (χ2n) is 7.12. The average molecular weight is 388 g/mol. The molecule has 0 bridgehead atoms. The first-order valence-corrected chi connectivity index (χ1v) is 10.7. The van der Waals surface area contributed by atoms with Crippen LogP contribution in [0.1, 0.15) is 17.0 Å². The van der Waals surface area contributed by atoms with Crippen molar-refractivity contribution in [3.63, 3.8) is 0 Å². The van der Waals surface area contributed by atoms with Gasteiger partial charge < -0.3 is 9.88 Å². The number of benzene rings is 1. The van der Waals surface area contributed by atoms with Gasteiger partial charge in [-0.05, 0) is 31.9 Å². The predicted octanol–water partition coefficient (Wildman–Crippen LogP) is 2.06. The second kappa shape index (κ2) is 7.10. The molecular weight excluding hydrogens is 362 g/mol. The maximum absolute atomic E-state index is 12.9. The van der Waals surface area contributed by atoms with Crippen LogP contribution in [0.15, 0.2) is 35.4 Å². The predicted molar refractivity (Wildman–Crippen MR) is 105 cm³/mol. The first-order valence-electron chi connectivity index (χ1n) is 9.26. The van der Waals surface area contributed by atoms with Crippen molar-refractivity contribution < 1.29 is 8.42 Å². The van der Waals surface area contributed by atoms with Crippen LogP contribution >= 0.6 is 0 Å². The van der Waals surface area contributed by atoms with E-state index in [2.05, 4.69) is 44.5 Å².